The van der Waals surface area contributed by atoms with Crippen LogP contribution < -0.4 is 10.1 Å². The van der Waals surface area contributed by atoms with Crippen LogP contribution in [0.25, 0.3) is 11.4 Å². The Hall–Kier alpha value is -2.58. The molecule has 1 N–H and O–H groups in total. The summed E-state index contributed by atoms with van der Waals surface area (Å²) in [5, 5.41) is 5.52. The van der Waals surface area contributed by atoms with E-state index in [0.717, 1.165) is 0 Å². The van der Waals surface area contributed by atoms with Gasteiger partial charge in [0.15, 0.2) is 0 Å². The van der Waals surface area contributed by atoms with Crippen molar-refractivity contribution in [2.24, 2.45) is 0 Å². The van der Waals surface area contributed by atoms with Gasteiger partial charge in [-0.15, -0.1) is 0 Å². The monoisotopic (exact) mass is 301 g/mol. The number of aryl methyl sites for hydroxylation is 1. The number of rotatable bonds is 2. The number of ether oxygens (including phenoxy) is 1. The van der Waals surface area contributed by atoms with E-state index in [0.29, 0.717) is 5.56 Å². The lowest BCUT2D eigenvalue weighted by atomic mass is 10.1. The van der Waals surface area contributed by atoms with Gasteiger partial charge in [0.05, 0.1) is 0 Å². The molecule has 1 amide bonds. The fraction of sp³-hybridized carbons (Fsp3) is 0.250. The number of nitrogens with one attached hydrogen (secondary N) is 1. The summed E-state index contributed by atoms with van der Waals surface area (Å²) in [5.74, 6) is -1.50. The predicted octanol–water partition coefficient (Wildman–Crippen LogP) is 2.78. The Balaban J connectivity index is 2.34. The zero-order valence-electron chi connectivity index (χ0n) is 11.0. The van der Waals surface area contributed by atoms with Crippen LogP contribution in [0.4, 0.5) is 18.0 Å². The third kappa shape index (κ3) is 3.30. The largest absolute Gasteiger partial charge is 0.471 e. The molecule has 21 heavy (non-hydrogen) atoms. The van der Waals surface area contributed by atoms with Crippen molar-refractivity contribution in [2.45, 2.75) is 13.1 Å². The third-order valence-electron chi connectivity index (χ3n) is 2.52. The van der Waals surface area contributed by atoms with Crippen molar-refractivity contribution >= 4 is 6.09 Å². The summed E-state index contributed by atoms with van der Waals surface area (Å²) in [6, 6.07) is 4.42. The van der Waals surface area contributed by atoms with Crippen molar-refractivity contribution in [3.05, 3.63) is 29.7 Å². The second-order valence-electron chi connectivity index (χ2n) is 4.04. The van der Waals surface area contributed by atoms with E-state index in [-0.39, 0.29) is 17.1 Å². The van der Waals surface area contributed by atoms with Gasteiger partial charge in [-0.05, 0) is 18.6 Å². The molecule has 0 saturated carbocycles. The lowest BCUT2D eigenvalue weighted by molar-refractivity contribution is -0.159. The molecule has 0 atom stereocenters. The molecule has 0 spiro atoms. The van der Waals surface area contributed by atoms with Crippen molar-refractivity contribution in [3.63, 3.8) is 0 Å². The second kappa shape index (κ2) is 5.43. The minimum absolute atomic E-state index is 0.185. The van der Waals surface area contributed by atoms with Crippen molar-refractivity contribution in [2.75, 3.05) is 7.05 Å². The average Bonchev–Trinajstić information content (AvgIpc) is 2.90. The standard InChI is InChI=1S/C12H10F3N3O3/c1-6-3-4-7(5-8(6)20-11(19)16-2)9-17-10(21-18-9)12(13,14)15/h3-5H,1-2H3,(H,16,19). The molecule has 1 aromatic heterocycles. The van der Waals surface area contributed by atoms with E-state index in [4.69, 9.17) is 4.74 Å². The molecule has 112 valence electrons. The van der Waals surface area contributed by atoms with Crippen molar-refractivity contribution in [1.82, 2.24) is 15.5 Å². The third-order valence-corrected chi connectivity index (χ3v) is 2.52. The van der Waals surface area contributed by atoms with E-state index in [9.17, 15) is 18.0 Å². The highest BCUT2D eigenvalue weighted by Gasteiger charge is 2.38. The van der Waals surface area contributed by atoms with Crippen LogP contribution in [-0.4, -0.2) is 23.3 Å². The number of amides is 1. The molecule has 0 fully saturated rings. The fourth-order valence-electron chi connectivity index (χ4n) is 1.46. The number of carbonyl (C=O) groups excluding carboxylic acids is 1. The molecule has 0 saturated heterocycles. The number of hydrogen-bond donors (Lipinski definition) is 1. The van der Waals surface area contributed by atoms with Crippen LogP contribution in [0.15, 0.2) is 22.7 Å². The molecule has 0 radical (unpaired) electrons. The van der Waals surface area contributed by atoms with Crippen LogP contribution in [0, 0.1) is 6.92 Å². The van der Waals surface area contributed by atoms with Gasteiger partial charge in [-0.25, -0.2) is 4.79 Å². The molecule has 0 bridgehead atoms. The molecule has 2 aromatic rings. The van der Waals surface area contributed by atoms with Gasteiger partial charge in [-0.2, -0.15) is 18.2 Å². The molecule has 0 unspecified atom stereocenters. The van der Waals surface area contributed by atoms with Crippen molar-refractivity contribution < 1.29 is 27.2 Å². The summed E-state index contributed by atoms with van der Waals surface area (Å²) >= 11 is 0. The van der Waals surface area contributed by atoms with Crippen LogP contribution in [0.3, 0.4) is 0 Å². The van der Waals surface area contributed by atoms with Crippen LogP contribution in [0.5, 0.6) is 5.75 Å². The van der Waals surface area contributed by atoms with Crippen molar-refractivity contribution in [1.29, 1.82) is 0 Å². The maximum Gasteiger partial charge on any atom is 0.471 e. The molecule has 0 aliphatic heterocycles. The average molecular weight is 301 g/mol. The Morgan fingerprint density at radius 2 is 2.10 bits per heavy atom. The lowest BCUT2D eigenvalue weighted by Crippen LogP contribution is -2.22. The second-order valence-corrected chi connectivity index (χ2v) is 4.04. The highest BCUT2D eigenvalue weighted by molar-refractivity contribution is 5.71. The topological polar surface area (TPSA) is 77.2 Å². The highest BCUT2D eigenvalue weighted by Crippen LogP contribution is 2.31. The molecule has 1 heterocycles. The Bertz CT molecular complexity index is 667. The number of alkyl halides is 3. The van der Waals surface area contributed by atoms with Gasteiger partial charge in [0.25, 0.3) is 0 Å². The zero-order chi connectivity index (χ0) is 15.6. The SMILES string of the molecule is CNC(=O)Oc1cc(-c2noc(C(F)(F)F)n2)ccc1C. The van der Waals surface area contributed by atoms with Crippen LogP contribution in [0.2, 0.25) is 0 Å². The van der Waals surface area contributed by atoms with E-state index >= 15 is 0 Å². The first-order chi connectivity index (χ1) is 9.81. The summed E-state index contributed by atoms with van der Waals surface area (Å²) in [5.41, 5.74) is 0.862. The van der Waals surface area contributed by atoms with E-state index in [1.807, 2.05) is 0 Å². The molecule has 9 heteroatoms. The summed E-state index contributed by atoms with van der Waals surface area (Å²) in [4.78, 5) is 14.4. The quantitative estimate of drug-likeness (QED) is 0.923. The zero-order valence-corrected chi connectivity index (χ0v) is 11.0. The summed E-state index contributed by atoms with van der Waals surface area (Å²) in [7, 11) is 1.39. The minimum atomic E-state index is -4.71. The van der Waals surface area contributed by atoms with Gasteiger partial charge in [0.1, 0.15) is 5.75 Å². The van der Waals surface area contributed by atoms with Gasteiger partial charge in [0.2, 0.25) is 5.82 Å². The van der Waals surface area contributed by atoms with Crippen molar-refractivity contribution in [3.8, 4) is 17.1 Å². The molecule has 0 aliphatic rings. The van der Waals surface area contributed by atoms with Gasteiger partial charge < -0.3 is 14.6 Å². The van der Waals surface area contributed by atoms with E-state index in [1.165, 1.54) is 19.2 Å². The molecule has 6 nitrogen and oxygen atoms in total. The smallest absolute Gasteiger partial charge is 0.410 e. The molecule has 2 rings (SSSR count). The number of benzene rings is 1. The van der Waals surface area contributed by atoms with E-state index in [1.54, 1.807) is 13.0 Å². The fourth-order valence-corrected chi connectivity index (χ4v) is 1.46. The van der Waals surface area contributed by atoms with Gasteiger partial charge in [-0.3, -0.25) is 0 Å². The Kier molecular flexibility index (Phi) is 3.83. The summed E-state index contributed by atoms with van der Waals surface area (Å²) in [6.07, 6.45) is -5.41. The normalized spacial score (nSPS) is 11.3. The number of nitrogens with zero attached hydrogens (tertiary/aromatic N) is 2. The first-order valence-corrected chi connectivity index (χ1v) is 5.72. The number of halogens is 3. The maximum atomic E-state index is 12.4. The Morgan fingerprint density at radius 3 is 2.67 bits per heavy atom. The molecule has 0 aliphatic carbocycles. The first kappa shape index (κ1) is 14.8. The predicted molar refractivity (Wildman–Crippen MR) is 64.6 cm³/mol. The number of carbonyl (C=O) groups is 1. The van der Waals surface area contributed by atoms with Gasteiger partial charge >= 0.3 is 18.2 Å². The molecule has 1 aromatic carbocycles. The minimum Gasteiger partial charge on any atom is -0.410 e. The summed E-state index contributed by atoms with van der Waals surface area (Å²) in [6.45, 7) is 1.68. The van der Waals surface area contributed by atoms with Crippen LogP contribution >= 0.6 is 0 Å². The van der Waals surface area contributed by atoms with Gasteiger partial charge in [-0.1, -0.05) is 17.3 Å². The molecular weight excluding hydrogens is 291 g/mol. The highest BCUT2D eigenvalue weighted by atomic mass is 19.4. The lowest BCUT2D eigenvalue weighted by Gasteiger charge is -2.07. The Labute approximate surface area is 116 Å². The van der Waals surface area contributed by atoms with Crippen LogP contribution in [0.1, 0.15) is 11.5 Å². The number of aromatic nitrogens is 2. The van der Waals surface area contributed by atoms with E-state index in [2.05, 4.69) is 20.0 Å². The van der Waals surface area contributed by atoms with Crippen LogP contribution in [-0.2, 0) is 6.18 Å². The Morgan fingerprint density at radius 1 is 1.38 bits per heavy atom. The first-order valence-electron chi connectivity index (χ1n) is 5.72. The number of hydrogen-bond acceptors (Lipinski definition) is 5. The molecular formula is C12H10F3N3O3. The van der Waals surface area contributed by atoms with E-state index < -0.39 is 18.2 Å². The maximum absolute atomic E-state index is 12.4. The van der Waals surface area contributed by atoms with Gasteiger partial charge in [0, 0.05) is 12.6 Å². The summed E-state index contributed by atoms with van der Waals surface area (Å²) < 4.78 is 46.3.